The molecule has 0 aromatic rings. The largest absolute Gasteiger partial charge is 0.100 e. The molecule has 0 aromatic heterocycles. The minimum atomic E-state index is -1.31. The number of hydrogen-bond acceptors (Lipinski definition) is 1. The zero-order valence-corrected chi connectivity index (χ0v) is 11.8. The highest BCUT2D eigenvalue weighted by Gasteiger charge is 2.26. The molecule has 3 nitrogen and oxygen atoms in total. The van der Waals surface area contributed by atoms with Gasteiger partial charge in [-0.15, -0.1) is 13.2 Å². The van der Waals surface area contributed by atoms with Gasteiger partial charge in [0.05, 0.1) is 8.07 Å². The SMILES string of the molecule is C=C(C)C[Si](C)(CCCN=[N+]=[N-])CC(=C)C. The Morgan fingerprint density at radius 1 is 1.25 bits per heavy atom. The Bertz CT molecular complexity index is 287. The van der Waals surface area contributed by atoms with Crippen LogP contribution in [0.3, 0.4) is 0 Å². The summed E-state index contributed by atoms with van der Waals surface area (Å²) in [6.07, 6.45) is 0.993. The van der Waals surface area contributed by atoms with Gasteiger partial charge in [-0.25, -0.2) is 0 Å². The molecule has 90 valence electrons. The van der Waals surface area contributed by atoms with Gasteiger partial charge in [-0.05, 0) is 31.5 Å². The maximum Gasteiger partial charge on any atom is 0.0584 e. The molecule has 0 aromatic carbocycles. The third kappa shape index (κ3) is 7.32. The van der Waals surface area contributed by atoms with Crippen molar-refractivity contribution in [1.82, 2.24) is 0 Å². The lowest BCUT2D eigenvalue weighted by Crippen LogP contribution is -2.30. The zero-order valence-electron chi connectivity index (χ0n) is 10.8. The molecule has 4 heteroatoms. The summed E-state index contributed by atoms with van der Waals surface area (Å²) in [5, 5.41) is 3.59. The lowest BCUT2D eigenvalue weighted by molar-refractivity contribution is 0.894. The summed E-state index contributed by atoms with van der Waals surface area (Å²) in [7, 11) is -1.31. The summed E-state index contributed by atoms with van der Waals surface area (Å²) in [6, 6.07) is 3.48. The van der Waals surface area contributed by atoms with Crippen LogP contribution in [-0.4, -0.2) is 14.6 Å². The molecule has 0 radical (unpaired) electrons. The Labute approximate surface area is 99.9 Å². The van der Waals surface area contributed by atoms with Crippen LogP contribution in [0.2, 0.25) is 24.7 Å². The van der Waals surface area contributed by atoms with E-state index in [1.54, 1.807) is 0 Å². The average molecular weight is 237 g/mol. The highest BCUT2D eigenvalue weighted by Crippen LogP contribution is 2.28. The van der Waals surface area contributed by atoms with E-state index in [0.717, 1.165) is 18.5 Å². The van der Waals surface area contributed by atoms with E-state index in [2.05, 4.69) is 43.6 Å². The maximum absolute atomic E-state index is 8.23. The summed E-state index contributed by atoms with van der Waals surface area (Å²) in [6.45, 7) is 15.2. The van der Waals surface area contributed by atoms with E-state index in [-0.39, 0.29) is 0 Å². The van der Waals surface area contributed by atoms with Crippen molar-refractivity contribution in [2.24, 2.45) is 5.11 Å². The molecule has 0 aliphatic rings. The quantitative estimate of drug-likeness (QED) is 0.144. The Morgan fingerprint density at radius 3 is 2.12 bits per heavy atom. The molecule has 0 bridgehead atoms. The summed E-state index contributed by atoms with van der Waals surface area (Å²) in [5.41, 5.74) is 10.8. The molecule has 0 amide bonds. The summed E-state index contributed by atoms with van der Waals surface area (Å²) < 4.78 is 0. The fraction of sp³-hybridized carbons (Fsp3) is 0.667. The van der Waals surface area contributed by atoms with Crippen LogP contribution in [0.5, 0.6) is 0 Å². The molecule has 0 heterocycles. The molecule has 0 fully saturated rings. The minimum Gasteiger partial charge on any atom is -0.100 e. The molecule has 0 N–H and O–H groups in total. The lowest BCUT2D eigenvalue weighted by Gasteiger charge is -2.28. The maximum atomic E-state index is 8.23. The zero-order chi connectivity index (χ0) is 12.6. The standard InChI is InChI=1S/C12H23N3Si/c1-11(2)9-16(5,10-12(3)4)8-6-7-14-15-13/h1,3,6-10H2,2,4-5H3. The van der Waals surface area contributed by atoms with Crippen LogP contribution in [0.15, 0.2) is 29.4 Å². The van der Waals surface area contributed by atoms with Crippen molar-refractivity contribution in [1.29, 1.82) is 0 Å². The lowest BCUT2D eigenvalue weighted by atomic mass is 10.4. The smallest absolute Gasteiger partial charge is 0.0584 e. The van der Waals surface area contributed by atoms with E-state index in [1.165, 1.54) is 17.2 Å². The van der Waals surface area contributed by atoms with Crippen molar-refractivity contribution in [3.8, 4) is 0 Å². The van der Waals surface area contributed by atoms with Gasteiger partial charge in [0.25, 0.3) is 0 Å². The number of nitrogens with zero attached hydrogens (tertiary/aromatic N) is 3. The third-order valence-electron chi connectivity index (χ3n) is 2.56. The molecule has 0 aliphatic carbocycles. The van der Waals surface area contributed by atoms with Gasteiger partial charge in [0.2, 0.25) is 0 Å². The van der Waals surface area contributed by atoms with Gasteiger partial charge in [0.15, 0.2) is 0 Å². The second-order valence-corrected chi connectivity index (χ2v) is 9.96. The Balaban J connectivity index is 4.34. The molecule has 0 saturated carbocycles. The Hall–Kier alpha value is -0.993. The molecule has 0 unspecified atom stereocenters. The Kier molecular flexibility index (Phi) is 6.85. The van der Waals surface area contributed by atoms with E-state index < -0.39 is 8.07 Å². The monoisotopic (exact) mass is 237 g/mol. The van der Waals surface area contributed by atoms with Crippen molar-refractivity contribution in [3.63, 3.8) is 0 Å². The van der Waals surface area contributed by atoms with Crippen LogP contribution in [0, 0.1) is 0 Å². The molecule has 0 rings (SSSR count). The first kappa shape index (κ1) is 15.0. The second-order valence-electron chi connectivity index (χ2n) is 5.14. The highest BCUT2D eigenvalue weighted by molar-refractivity contribution is 6.79. The normalized spacial score (nSPS) is 10.7. The van der Waals surface area contributed by atoms with E-state index in [4.69, 9.17) is 5.53 Å². The summed E-state index contributed by atoms with van der Waals surface area (Å²) >= 11 is 0. The van der Waals surface area contributed by atoms with Gasteiger partial charge >= 0.3 is 0 Å². The predicted molar refractivity (Wildman–Crippen MR) is 74.3 cm³/mol. The minimum absolute atomic E-state index is 0.617. The van der Waals surface area contributed by atoms with E-state index >= 15 is 0 Å². The number of allylic oxidation sites excluding steroid dienone is 2. The van der Waals surface area contributed by atoms with Crippen molar-refractivity contribution >= 4 is 8.07 Å². The number of rotatable bonds is 8. The van der Waals surface area contributed by atoms with Gasteiger partial charge in [0.1, 0.15) is 0 Å². The van der Waals surface area contributed by atoms with Crippen LogP contribution in [0.25, 0.3) is 10.4 Å². The third-order valence-corrected chi connectivity index (χ3v) is 7.03. The molecular weight excluding hydrogens is 214 g/mol. The van der Waals surface area contributed by atoms with Crippen LogP contribution < -0.4 is 0 Å². The molecule has 0 saturated heterocycles. The molecular formula is C12H23N3Si. The Morgan fingerprint density at radius 2 is 1.75 bits per heavy atom. The van der Waals surface area contributed by atoms with Crippen molar-refractivity contribution < 1.29 is 0 Å². The van der Waals surface area contributed by atoms with Crippen molar-refractivity contribution in [2.45, 2.75) is 44.9 Å². The van der Waals surface area contributed by atoms with Crippen molar-refractivity contribution in [2.75, 3.05) is 6.54 Å². The molecule has 0 aliphatic heterocycles. The number of hydrogen-bond donors (Lipinski definition) is 0. The highest BCUT2D eigenvalue weighted by atomic mass is 28.3. The van der Waals surface area contributed by atoms with E-state index in [1.807, 2.05) is 0 Å². The average Bonchev–Trinajstić information content (AvgIpc) is 2.09. The van der Waals surface area contributed by atoms with Gasteiger partial charge in [-0.3, -0.25) is 0 Å². The van der Waals surface area contributed by atoms with Crippen LogP contribution in [0.4, 0.5) is 0 Å². The molecule has 16 heavy (non-hydrogen) atoms. The van der Waals surface area contributed by atoms with Crippen LogP contribution in [-0.2, 0) is 0 Å². The van der Waals surface area contributed by atoms with Gasteiger partial charge < -0.3 is 0 Å². The van der Waals surface area contributed by atoms with Crippen molar-refractivity contribution in [3.05, 3.63) is 34.7 Å². The van der Waals surface area contributed by atoms with E-state index in [0.29, 0.717) is 6.54 Å². The fourth-order valence-corrected chi connectivity index (χ4v) is 6.72. The first-order valence-corrected chi connectivity index (χ1v) is 8.81. The van der Waals surface area contributed by atoms with Gasteiger partial charge in [-0.1, -0.05) is 35.3 Å². The summed E-state index contributed by atoms with van der Waals surface area (Å²) in [5.74, 6) is 0. The summed E-state index contributed by atoms with van der Waals surface area (Å²) in [4.78, 5) is 2.78. The first-order valence-electron chi connectivity index (χ1n) is 5.69. The molecule has 0 spiro atoms. The fourth-order valence-electron chi connectivity index (χ4n) is 2.32. The van der Waals surface area contributed by atoms with Crippen LogP contribution in [0.1, 0.15) is 20.3 Å². The van der Waals surface area contributed by atoms with E-state index in [9.17, 15) is 0 Å². The molecule has 0 atom stereocenters. The van der Waals surface area contributed by atoms with Gasteiger partial charge in [0, 0.05) is 11.5 Å². The first-order chi connectivity index (χ1) is 7.39. The van der Waals surface area contributed by atoms with Gasteiger partial charge in [-0.2, -0.15) is 0 Å². The van der Waals surface area contributed by atoms with Crippen LogP contribution >= 0.6 is 0 Å². The number of azide groups is 1. The predicted octanol–water partition coefficient (Wildman–Crippen LogP) is 4.92. The topological polar surface area (TPSA) is 48.8 Å². The second kappa shape index (κ2) is 7.31.